The van der Waals surface area contributed by atoms with Gasteiger partial charge in [-0.2, -0.15) is 4.98 Å². The third kappa shape index (κ3) is 7.39. The zero-order valence-electron chi connectivity index (χ0n) is 18.0. The second-order valence-corrected chi connectivity index (χ2v) is 8.01. The van der Waals surface area contributed by atoms with Gasteiger partial charge in [-0.05, 0) is 24.6 Å². The van der Waals surface area contributed by atoms with E-state index in [1.54, 1.807) is 0 Å². The van der Waals surface area contributed by atoms with Crippen molar-refractivity contribution in [3.05, 3.63) is 46.6 Å². The van der Waals surface area contributed by atoms with E-state index in [2.05, 4.69) is 58.2 Å². The highest BCUT2D eigenvalue weighted by Crippen LogP contribution is 2.13. The number of halogens is 2. The van der Waals surface area contributed by atoms with E-state index >= 15 is 0 Å². The van der Waals surface area contributed by atoms with Gasteiger partial charge in [-0.15, -0.1) is 24.0 Å². The molecule has 30 heavy (non-hydrogen) atoms. The van der Waals surface area contributed by atoms with E-state index < -0.39 is 0 Å². The van der Waals surface area contributed by atoms with Crippen molar-refractivity contribution in [2.75, 3.05) is 39.3 Å². The van der Waals surface area contributed by atoms with Gasteiger partial charge in [-0.1, -0.05) is 42.7 Å². The topological polar surface area (TPSA) is 69.8 Å². The number of aromatic nitrogens is 2. The molecule has 2 heterocycles. The zero-order chi connectivity index (χ0) is 20.6. The largest absolute Gasteiger partial charge is 0.357 e. The lowest BCUT2D eigenvalue weighted by molar-refractivity contribution is 0.172. The van der Waals surface area contributed by atoms with Crippen LogP contribution >= 0.6 is 35.6 Å². The van der Waals surface area contributed by atoms with E-state index in [1.165, 1.54) is 5.56 Å². The van der Waals surface area contributed by atoms with E-state index in [1.807, 2.05) is 12.1 Å². The molecule has 0 atom stereocenters. The molecule has 0 unspecified atom stereocenters. The third-order valence-electron chi connectivity index (χ3n) is 4.91. The monoisotopic (exact) mass is 546 g/mol. The Morgan fingerprint density at radius 1 is 1.20 bits per heavy atom. The number of piperazine rings is 1. The van der Waals surface area contributed by atoms with E-state index in [0.29, 0.717) is 18.9 Å². The average Bonchev–Trinajstić information content (AvgIpc) is 3.19. The van der Waals surface area contributed by atoms with Gasteiger partial charge in [0.15, 0.2) is 11.8 Å². The Hall–Kier alpha value is -1.39. The molecule has 1 aromatic heterocycles. The summed E-state index contributed by atoms with van der Waals surface area (Å²) in [6.45, 7) is 12.6. The molecule has 9 heteroatoms. The van der Waals surface area contributed by atoms with Crippen molar-refractivity contribution < 1.29 is 4.52 Å². The highest BCUT2D eigenvalue weighted by molar-refractivity contribution is 14.0. The summed E-state index contributed by atoms with van der Waals surface area (Å²) in [6.07, 6.45) is 0.658. The van der Waals surface area contributed by atoms with Crippen LogP contribution in [0.5, 0.6) is 0 Å². The molecule has 1 aliphatic rings. The maximum atomic E-state index is 5.98. The summed E-state index contributed by atoms with van der Waals surface area (Å²) in [5.74, 6) is 2.65. The molecule has 1 fully saturated rings. The van der Waals surface area contributed by atoms with Gasteiger partial charge in [-0.25, -0.2) is 0 Å². The van der Waals surface area contributed by atoms with Gasteiger partial charge in [-0.3, -0.25) is 9.89 Å². The van der Waals surface area contributed by atoms with Crippen molar-refractivity contribution in [1.82, 2.24) is 25.3 Å². The molecule has 1 N–H and O–H groups in total. The molecule has 3 rings (SSSR count). The molecule has 0 saturated carbocycles. The van der Waals surface area contributed by atoms with Crippen molar-refractivity contribution in [2.24, 2.45) is 4.99 Å². The Morgan fingerprint density at radius 3 is 2.50 bits per heavy atom. The van der Waals surface area contributed by atoms with Gasteiger partial charge >= 0.3 is 0 Å². The van der Waals surface area contributed by atoms with E-state index in [9.17, 15) is 0 Å². The number of nitrogens with zero attached hydrogens (tertiary/aromatic N) is 5. The van der Waals surface area contributed by atoms with Gasteiger partial charge in [0.1, 0.15) is 0 Å². The van der Waals surface area contributed by atoms with E-state index in [0.717, 1.165) is 56.1 Å². The van der Waals surface area contributed by atoms with Crippen molar-refractivity contribution in [3.8, 4) is 0 Å². The van der Waals surface area contributed by atoms with E-state index in [-0.39, 0.29) is 29.9 Å². The maximum absolute atomic E-state index is 5.98. The fraction of sp³-hybridized carbons (Fsp3) is 0.571. The molecule has 0 spiro atoms. The standard InChI is InChI=1S/C21H31ClN6O.HI/c1-4-23-21(24-10-9-19-25-20(16(2)3)26-29-19)28-13-11-27(12-14-28)15-17-5-7-18(22)8-6-17;/h5-8,16H,4,9-15H2,1-3H3,(H,23,24);1H. The first-order valence-corrected chi connectivity index (χ1v) is 10.8. The third-order valence-corrected chi connectivity index (χ3v) is 5.17. The van der Waals surface area contributed by atoms with Crippen LogP contribution in [0.15, 0.2) is 33.8 Å². The molecule has 7 nitrogen and oxygen atoms in total. The molecule has 1 aromatic carbocycles. The second kappa shape index (κ2) is 12.5. The molecule has 1 saturated heterocycles. The Kier molecular flexibility index (Phi) is 10.3. The van der Waals surface area contributed by atoms with Crippen LogP contribution in [-0.4, -0.2) is 65.2 Å². The molecule has 0 aliphatic carbocycles. The summed E-state index contributed by atoms with van der Waals surface area (Å²) in [6, 6.07) is 8.11. The quantitative estimate of drug-likeness (QED) is 0.324. The van der Waals surface area contributed by atoms with Crippen molar-refractivity contribution in [2.45, 2.75) is 39.7 Å². The lowest BCUT2D eigenvalue weighted by atomic mass is 10.2. The Balaban J connectivity index is 0.00000320. The summed E-state index contributed by atoms with van der Waals surface area (Å²) in [7, 11) is 0. The van der Waals surface area contributed by atoms with Crippen molar-refractivity contribution >= 4 is 41.5 Å². The number of hydrogen-bond donors (Lipinski definition) is 1. The lowest BCUT2D eigenvalue weighted by Crippen LogP contribution is -2.52. The lowest BCUT2D eigenvalue weighted by Gasteiger charge is -2.36. The minimum absolute atomic E-state index is 0. The van der Waals surface area contributed by atoms with Crippen LogP contribution in [0.25, 0.3) is 0 Å². The first kappa shape index (κ1) is 24.9. The Bertz CT molecular complexity index is 787. The highest BCUT2D eigenvalue weighted by atomic mass is 127. The molecule has 0 amide bonds. The van der Waals surface area contributed by atoms with Crippen LogP contribution in [0.4, 0.5) is 0 Å². The molecular weight excluding hydrogens is 515 g/mol. The number of nitrogens with one attached hydrogen (secondary N) is 1. The van der Waals surface area contributed by atoms with Crippen LogP contribution < -0.4 is 5.32 Å². The van der Waals surface area contributed by atoms with E-state index in [4.69, 9.17) is 21.1 Å². The van der Waals surface area contributed by atoms with Crippen LogP contribution in [0.2, 0.25) is 5.02 Å². The number of rotatable bonds is 7. The number of hydrogen-bond acceptors (Lipinski definition) is 5. The molecule has 1 aliphatic heterocycles. The minimum Gasteiger partial charge on any atom is -0.357 e. The molecule has 166 valence electrons. The highest BCUT2D eigenvalue weighted by Gasteiger charge is 2.19. The summed E-state index contributed by atoms with van der Waals surface area (Å²) >= 11 is 5.98. The summed E-state index contributed by atoms with van der Waals surface area (Å²) in [5, 5.41) is 8.21. The molecule has 2 aromatic rings. The normalized spacial score (nSPS) is 15.4. The smallest absolute Gasteiger partial charge is 0.228 e. The number of benzene rings is 1. The number of aliphatic imine (C=N–C) groups is 1. The Morgan fingerprint density at radius 2 is 1.90 bits per heavy atom. The fourth-order valence-corrected chi connectivity index (χ4v) is 3.38. The molecule has 0 bridgehead atoms. The zero-order valence-corrected chi connectivity index (χ0v) is 21.1. The SMILES string of the molecule is CCNC(=NCCc1nc(C(C)C)no1)N1CCN(Cc2ccc(Cl)cc2)CC1.I. The molecular formula is C21H32ClIN6O. The van der Waals surface area contributed by atoms with Crippen LogP contribution in [0.1, 0.15) is 44.0 Å². The van der Waals surface area contributed by atoms with Gasteiger partial charge in [0.25, 0.3) is 0 Å². The van der Waals surface area contributed by atoms with Gasteiger partial charge < -0.3 is 14.7 Å². The fourth-order valence-electron chi connectivity index (χ4n) is 3.25. The first-order chi connectivity index (χ1) is 14.0. The van der Waals surface area contributed by atoms with Crippen molar-refractivity contribution in [3.63, 3.8) is 0 Å². The summed E-state index contributed by atoms with van der Waals surface area (Å²) < 4.78 is 5.31. The second-order valence-electron chi connectivity index (χ2n) is 7.58. The predicted molar refractivity (Wildman–Crippen MR) is 132 cm³/mol. The minimum atomic E-state index is 0. The Labute approximate surface area is 201 Å². The number of guanidine groups is 1. The average molecular weight is 547 g/mol. The van der Waals surface area contributed by atoms with Crippen LogP contribution in [0, 0.1) is 0 Å². The van der Waals surface area contributed by atoms with Crippen LogP contribution in [0.3, 0.4) is 0 Å². The van der Waals surface area contributed by atoms with Crippen molar-refractivity contribution in [1.29, 1.82) is 0 Å². The summed E-state index contributed by atoms with van der Waals surface area (Å²) in [5.41, 5.74) is 1.30. The van der Waals surface area contributed by atoms with Gasteiger partial charge in [0, 0.05) is 56.6 Å². The van der Waals surface area contributed by atoms with Gasteiger partial charge in [0.2, 0.25) is 5.89 Å². The molecule has 0 radical (unpaired) electrons. The summed E-state index contributed by atoms with van der Waals surface area (Å²) in [4.78, 5) is 14.0. The van der Waals surface area contributed by atoms with Crippen LogP contribution in [-0.2, 0) is 13.0 Å². The van der Waals surface area contributed by atoms with Gasteiger partial charge in [0.05, 0.1) is 6.54 Å². The first-order valence-electron chi connectivity index (χ1n) is 10.4. The predicted octanol–water partition coefficient (Wildman–Crippen LogP) is 3.79. The maximum Gasteiger partial charge on any atom is 0.228 e.